The lowest BCUT2D eigenvalue weighted by Gasteiger charge is -2.28. The minimum Gasteiger partial charge on any atom is -0.356 e. The van der Waals surface area contributed by atoms with E-state index in [1.54, 1.807) is 0 Å². The Labute approximate surface area is 111 Å². The summed E-state index contributed by atoms with van der Waals surface area (Å²) in [7, 11) is 2.16. The van der Waals surface area contributed by atoms with Crippen LogP contribution in [0.15, 0.2) is 0 Å². The number of nitrogens with two attached hydrogens (primary N) is 1. The first-order valence-electron chi connectivity index (χ1n) is 7.27. The van der Waals surface area contributed by atoms with Crippen molar-refractivity contribution in [3.63, 3.8) is 0 Å². The van der Waals surface area contributed by atoms with Crippen LogP contribution in [0, 0.1) is 11.8 Å². The van der Waals surface area contributed by atoms with Crippen LogP contribution >= 0.6 is 0 Å². The zero-order valence-corrected chi connectivity index (χ0v) is 12.0. The van der Waals surface area contributed by atoms with Gasteiger partial charge in [0, 0.05) is 13.0 Å². The van der Waals surface area contributed by atoms with Gasteiger partial charge in [-0.3, -0.25) is 4.79 Å². The second-order valence-electron chi connectivity index (χ2n) is 5.77. The molecule has 1 aliphatic heterocycles. The molecule has 106 valence electrons. The predicted octanol–water partition coefficient (Wildman–Crippen LogP) is 1.21. The molecular formula is C14H29N3O. The molecule has 18 heavy (non-hydrogen) atoms. The topological polar surface area (TPSA) is 58.4 Å². The quantitative estimate of drug-likeness (QED) is 0.719. The van der Waals surface area contributed by atoms with E-state index >= 15 is 0 Å². The molecule has 1 amide bonds. The third kappa shape index (κ3) is 6.36. The summed E-state index contributed by atoms with van der Waals surface area (Å²) in [6.07, 6.45) is 5.03. The Bertz CT molecular complexity index is 237. The predicted molar refractivity (Wildman–Crippen MR) is 75.3 cm³/mol. The van der Waals surface area contributed by atoms with Gasteiger partial charge in [-0.15, -0.1) is 0 Å². The van der Waals surface area contributed by atoms with Crippen LogP contribution in [0.1, 0.15) is 39.0 Å². The van der Waals surface area contributed by atoms with E-state index < -0.39 is 0 Å². The number of carbonyl (C=O) groups is 1. The average Bonchev–Trinajstić information content (AvgIpc) is 2.36. The van der Waals surface area contributed by atoms with Crippen molar-refractivity contribution < 1.29 is 4.79 Å². The Morgan fingerprint density at radius 2 is 2.06 bits per heavy atom. The lowest BCUT2D eigenvalue weighted by Crippen LogP contribution is -2.36. The van der Waals surface area contributed by atoms with Crippen molar-refractivity contribution >= 4 is 5.91 Å². The zero-order valence-electron chi connectivity index (χ0n) is 12.0. The molecular weight excluding hydrogens is 226 g/mol. The fourth-order valence-electron chi connectivity index (χ4n) is 2.42. The summed E-state index contributed by atoms with van der Waals surface area (Å²) >= 11 is 0. The maximum atomic E-state index is 11.7. The fourth-order valence-corrected chi connectivity index (χ4v) is 2.42. The summed E-state index contributed by atoms with van der Waals surface area (Å²) in [4.78, 5) is 14.1. The summed E-state index contributed by atoms with van der Waals surface area (Å²) in [5.41, 5.74) is 5.50. The number of rotatable bonds is 7. The number of nitrogens with zero attached hydrogens (tertiary/aromatic N) is 1. The van der Waals surface area contributed by atoms with Crippen LogP contribution < -0.4 is 11.1 Å². The molecule has 1 saturated heterocycles. The number of amides is 1. The maximum Gasteiger partial charge on any atom is 0.220 e. The van der Waals surface area contributed by atoms with Gasteiger partial charge >= 0.3 is 0 Å². The van der Waals surface area contributed by atoms with Gasteiger partial charge in [0.25, 0.3) is 0 Å². The SMILES string of the molecule is CC(CCN)CCC(=O)NCC1CCN(C)CC1. The van der Waals surface area contributed by atoms with Gasteiger partial charge < -0.3 is 16.0 Å². The van der Waals surface area contributed by atoms with E-state index in [1.807, 2.05) is 0 Å². The summed E-state index contributed by atoms with van der Waals surface area (Å²) in [5, 5.41) is 3.08. The number of hydrogen-bond donors (Lipinski definition) is 2. The third-order valence-electron chi connectivity index (χ3n) is 3.95. The van der Waals surface area contributed by atoms with Crippen molar-refractivity contribution in [2.75, 3.05) is 33.2 Å². The van der Waals surface area contributed by atoms with Crippen LogP contribution in [0.25, 0.3) is 0 Å². The van der Waals surface area contributed by atoms with Gasteiger partial charge in [-0.1, -0.05) is 6.92 Å². The summed E-state index contributed by atoms with van der Waals surface area (Å²) < 4.78 is 0. The lowest BCUT2D eigenvalue weighted by atomic mass is 9.97. The normalized spacial score (nSPS) is 19.7. The first-order valence-corrected chi connectivity index (χ1v) is 7.27. The molecule has 4 nitrogen and oxygen atoms in total. The molecule has 0 aromatic rings. The number of likely N-dealkylation sites (tertiary alicyclic amines) is 1. The van der Waals surface area contributed by atoms with E-state index in [9.17, 15) is 4.79 Å². The molecule has 1 fully saturated rings. The highest BCUT2D eigenvalue weighted by Gasteiger charge is 2.17. The number of nitrogens with one attached hydrogen (secondary N) is 1. The van der Waals surface area contributed by atoms with E-state index in [1.165, 1.54) is 12.8 Å². The summed E-state index contributed by atoms with van der Waals surface area (Å²) in [6, 6.07) is 0. The molecule has 0 aliphatic carbocycles. The van der Waals surface area contributed by atoms with Gasteiger partial charge in [-0.2, -0.15) is 0 Å². The van der Waals surface area contributed by atoms with Crippen LogP contribution in [0.2, 0.25) is 0 Å². The lowest BCUT2D eigenvalue weighted by molar-refractivity contribution is -0.121. The second-order valence-corrected chi connectivity index (χ2v) is 5.77. The zero-order chi connectivity index (χ0) is 13.4. The van der Waals surface area contributed by atoms with Gasteiger partial charge in [-0.05, 0) is 64.2 Å². The second kappa shape index (κ2) is 8.48. The van der Waals surface area contributed by atoms with E-state index in [2.05, 4.69) is 24.2 Å². The Balaban J connectivity index is 2.06. The van der Waals surface area contributed by atoms with E-state index in [0.29, 0.717) is 18.3 Å². The van der Waals surface area contributed by atoms with Gasteiger partial charge in [0.1, 0.15) is 0 Å². The molecule has 0 saturated carbocycles. The first-order chi connectivity index (χ1) is 8.61. The number of piperidine rings is 1. The number of carbonyl (C=O) groups excluding carboxylic acids is 1. The fraction of sp³-hybridized carbons (Fsp3) is 0.929. The molecule has 1 heterocycles. The highest BCUT2D eigenvalue weighted by molar-refractivity contribution is 5.75. The molecule has 4 heteroatoms. The van der Waals surface area contributed by atoms with E-state index in [0.717, 1.165) is 39.0 Å². The van der Waals surface area contributed by atoms with Crippen LogP contribution in [-0.4, -0.2) is 44.0 Å². The summed E-state index contributed by atoms with van der Waals surface area (Å²) in [6.45, 7) is 6.07. The van der Waals surface area contributed by atoms with E-state index in [4.69, 9.17) is 5.73 Å². The molecule has 0 aromatic heterocycles. The summed E-state index contributed by atoms with van der Waals surface area (Å²) in [5.74, 6) is 1.44. The van der Waals surface area contributed by atoms with Crippen LogP contribution in [-0.2, 0) is 4.79 Å². The minimum absolute atomic E-state index is 0.206. The largest absolute Gasteiger partial charge is 0.356 e. The molecule has 1 atom stereocenters. The van der Waals surface area contributed by atoms with Gasteiger partial charge in [0.05, 0.1) is 0 Å². The Morgan fingerprint density at radius 3 is 2.67 bits per heavy atom. The van der Waals surface area contributed by atoms with Gasteiger partial charge in [-0.25, -0.2) is 0 Å². The van der Waals surface area contributed by atoms with Crippen molar-refractivity contribution in [1.82, 2.24) is 10.2 Å². The highest BCUT2D eigenvalue weighted by atomic mass is 16.1. The van der Waals surface area contributed by atoms with E-state index in [-0.39, 0.29) is 5.91 Å². The standard InChI is InChI=1S/C14H29N3O/c1-12(5-8-15)3-4-14(18)16-11-13-6-9-17(2)10-7-13/h12-13H,3-11,15H2,1-2H3,(H,16,18). The van der Waals surface area contributed by atoms with Crippen LogP contribution in [0.4, 0.5) is 0 Å². The molecule has 0 radical (unpaired) electrons. The number of hydrogen-bond acceptors (Lipinski definition) is 3. The van der Waals surface area contributed by atoms with Crippen molar-refractivity contribution in [1.29, 1.82) is 0 Å². The molecule has 1 unspecified atom stereocenters. The molecule has 0 bridgehead atoms. The molecule has 0 aromatic carbocycles. The molecule has 1 aliphatic rings. The smallest absolute Gasteiger partial charge is 0.220 e. The Morgan fingerprint density at radius 1 is 1.39 bits per heavy atom. The van der Waals surface area contributed by atoms with Gasteiger partial charge in [0.15, 0.2) is 0 Å². The first kappa shape index (κ1) is 15.4. The average molecular weight is 255 g/mol. The third-order valence-corrected chi connectivity index (χ3v) is 3.95. The minimum atomic E-state index is 0.206. The van der Waals surface area contributed by atoms with Crippen molar-refractivity contribution in [3.05, 3.63) is 0 Å². The molecule has 3 N–H and O–H groups in total. The van der Waals surface area contributed by atoms with Crippen molar-refractivity contribution in [3.8, 4) is 0 Å². The molecule has 0 spiro atoms. The monoisotopic (exact) mass is 255 g/mol. The van der Waals surface area contributed by atoms with Gasteiger partial charge in [0.2, 0.25) is 5.91 Å². The maximum absolute atomic E-state index is 11.7. The van der Waals surface area contributed by atoms with Crippen LogP contribution in [0.5, 0.6) is 0 Å². The van der Waals surface area contributed by atoms with Crippen molar-refractivity contribution in [2.45, 2.75) is 39.0 Å². The Hall–Kier alpha value is -0.610. The van der Waals surface area contributed by atoms with Crippen molar-refractivity contribution in [2.24, 2.45) is 17.6 Å². The van der Waals surface area contributed by atoms with Crippen LogP contribution in [0.3, 0.4) is 0 Å². The molecule has 1 rings (SSSR count). The Kier molecular flexibility index (Phi) is 7.28. The highest BCUT2D eigenvalue weighted by Crippen LogP contribution is 2.15.